The number of carbonyl (C=O) groups excluding carboxylic acids is 2. The van der Waals surface area contributed by atoms with Gasteiger partial charge < -0.3 is 9.15 Å². The number of amides is 1. The fourth-order valence-corrected chi connectivity index (χ4v) is 3.58. The van der Waals surface area contributed by atoms with Gasteiger partial charge in [-0.05, 0) is 30.7 Å². The second kappa shape index (κ2) is 8.54. The van der Waals surface area contributed by atoms with Crippen LogP contribution in [0.1, 0.15) is 35.9 Å². The van der Waals surface area contributed by atoms with Crippen molar-refractivity contribution in [2.24, 2.45) is 0 Å². The van der Waals surface area contributed by atoms with Gasteiger partial charge in [0.1, 0.15) is 15.8 Å². The van der Waals surface area contributed by atoms with Crippen molar-refractivity contribution in [2.75, 3.05) is 13.7 Å². The summed E-state index contributed by atoms with van der Waals surface area (Å²) in [5, 5.41) is 0. The quantitative estimate of drug-likeness (QED) is 0.302. The van der Waals surface area contributed by atoms with Crippen molar-refractivity contribution >= 4 is 46.3 Å². The summed E-state index contributed by atoms with van der Waals surface area (Å²) < 4.78 is 11.5. The molecule has 2 aromatic rings. The van der Waals surface area contributed by atoms with E-state index in [1.807, 2.05) is 25.1 Å². The Morgan fingerprint density at radius 1 is 1.26 bits per heavy atom. The number of thioether (sulfide) groups is 1. The summed E-state index contributed by atoms with van der Waals surface area (Å²) in [7, 11) is 1.65. The Morgan fingerprint density at radius 2 is 2.00 bits per heavy atom. The first-order valence-electron chi connectivity index (χ1n) is 8.58. The first kappa shape index (κ1) is 19.4. The number of benzene rings is 1. The molecule has 0 unspecified atom stereocenters. The van der Waals surface area contributed by atoms with Crippen molar-refractivity contribution < 1.29 is 18.7 Å². The topological polar surface area (TPSA) is 59.8 Å². The highest BCUT2D eigenvalue weighted by atomic mass is 32.2. The number of hydrogen-bond donors (Lipinski definition) is 0. The molecule has 1 aliphatic rings. The second-order valence-electron chi connectivity index (χ2n) is 6.01. The van der Waals surface area contributed by atoms with Crippen LogP contribution in [0, 0.1) is 0 Å². The van der Waals surface area contributed by atoms with Crippen molar-refractivity contribution in [1.82, 2.24) is 4.90 Å². The molecule has 0 aliphatic carbocycles. The molecule has 0 atom stereocenters. The van der Waals surface area contributed by atoms with Gasteiger partial charge in [-0.3, -0.25) is 9.69 Å². The lowest BCUT2D eigenvalue weighted by atomic mass is 10.1. The van der Waals surface area contributed by atoms with E-state index in [1.54, 1.807) is 31.3 Å². The van der Waals surface area contributed by atoms with E-state index in [1.165, 1.54) is 16.7 Å². The Balaban J connectivity index is 1.71. The highest BCUT2D eigenvalue weighted by molar-refractivity contribution is 8.26. The lowest BCUT2D eigenvalue weighted by molar-refractivity contribution is -0.121. The van der Waals surface area contributed by atoms with Crippen molar-refractivity contribution in [3.8, 4) is 11.3 Å². The molecule has 0 bridgehead atoms. The van der Waals surface area contributed by atoms with Crippen molar-refractivity contribution in [3.63, 3.8) is 0 Å². The standard InChI is InChI=1S/C20H19NO4S2/c1-3-4-11-24-19(23)14-7-5-13(6-8-14)16-10-9-15(25-16)12-17-18(22)21(2)20(26)27-17/h5-10,12H,3-4,11H2,1-2H3/b17-12+. The van der Waals surface area contributed by atoms with Gasteiger partial charge in [0.15, 0.2) is 0 Å². The molecule has 2 heterocycles. The Bertz CT molecular complexity index is 899. The monoisotopic (exact) mass is 401 g/mol. The number of hydrogen-bond acceptors (Lipinski definition) is 6. The van der Waals surface area contributed by atoms with E-state index in [4.69, 9.17) is 21.4 Å². The van der Waals surface area contributed by atoms with Crippen LogP contribution < -0.4 is 0 Å². The molecule has 5 nitrogen and oxygen atoms in total. The van der Waals surface area contributed by atoms with Crippen LogP contribution in [-0.2, 0) is 9.53 Å². The molecule has 1 aromatic heterocycles. The fraction of sp³-hybridized carbons (Fsp3) is 0.250. The van der Waals surface area contributed by atoms with Gasteiger partial charge in [-0.25, -0.2) is 4.79 Å². The SMILES string of the molecule is CCCCOC(=O)c1ccc(-c2ccc(/C=C3/SC(=S)N(C)C3=O)o2)cc1. The first-order chi connectivity index (χ1) is 13.0. The van der Waals surface area contributed by atoms with Gasteiger partial charge in [0.25, 0.3) is 5.91 Å². The normalized spacial score (nSPS) is 15.6. The number of nitrogens with zero attached hydrogens (tertiary/aromatic N) is 1. The lowest BCUT2D eigenvalue weighted by Gasteiger charge is -2.04. The molecule has 0 saturated carbocycles. The van der Waals surface area contributed by atoms with Crippen LogP contribution >= 0.6 is 24.0 Å². The molecule has 27 heavy (non-hydrogen) atoms. The average Bonchev–Trinajstić information content (AvgIpc) is 3.23. The Hall–Kier alpha value is -2.38. The zero-order chi connectivity index (χ0) is 19.4. The second-order valence-corrected chi connectivity index (χ2v) is 7.69. The van der Waals surface area contributed by atoms with Crippen molar-refractivity contribution in [2.45, 2.75) is 19.8 Å². The summed E-state index contributed by atoms with van der Waals surface area (Å²) in [6, 6.07) is 10.7. The molecule has 1 fully saturated rings. The van der Waals surface area contributed by atoms with Gasteiger partial charge >= 0.3 is 5.97 Å². The number of ether oxygens (including phenoxy) is 1. The van der Waals surface area contributed by atoms with E-state index in [9.17, 15) is 9.59 Å². The summed E-state index contributed by atoms with van der Waals surface area (Å²) >= 11 is 6.37. The minimum Gasteiger partial charge on any atom is -0.462 e. The molecular weight excluding hydrogens is 382 g/mol. The van der Waals surface area contributed by atoms with E-state index in [0.717, 1.165) is 18.4 Å². The number of likely N-dealkylation sites (N-methyl/N-ethyl adjacent to an activating group) is 1. The molecule has 0 N–H and O–H groups in total. The van der Waals surface area contributed by atoms with E-state index >= 15 is 0 Å². The molecule has 1 amide bonds. The lowest BCUT2D eigenvalue weighted by Crippen LogP contribution is -2.22. The predicted octanol–water partition coefficient (Wildman–Crippen LogP) is 4.73. The number of rotatable bonds is 6. The van der Waals surface area contributed by atoms with Gasteiger partial charge in [0, 0.05) is 18.7 Å². The van der Waals surface area contributed by atoms with Gasteiger partial charge in [0.2, 0.25) is 0 Å². The van der Waals surface area contributed by atoms with E-state index in [-0.39, 0.29) is 11.9 Å². The molecular formula is C20H19NO4S2. The zero-order valence-electron chi connectivity index (χ0n) is 15.1. The van der Waals surface area contributed by atoms with Crippen LogP contribution in [0.5, 0.6) is 0 Å². The van der Waals surface area contributed by atoms with Gasteiger partial charge in [0.05, 0.1) is 17.1 Å². The Morgan fingerprint density at radius 3 is 2.63 bits per heavy atom. The molecule has 1 aliphatic heterocycles. The van der Waals surface area contributed by atoms with E-state index in [0.29, 0.717) is 32.9 Å². The molecule has 0 radical (unpaired) electrons. The summed E-state index contributed by atoms with van der Waals surface area (Å²) in [6.07, 6.45) is 3.52. The molecule has 0 spiro atoms. The average molecular weight is 402 g/mol. The van der Waals surface area contributed by atoms with E-state index < -0.39 is 0 Å². The Labute approximate surface area is 167 Å². The minimum absolute atomic E-state index is 0.131. The molecule has 1 aromatic carbocycles. The number of esters is 1. The van der Waals surface area contributed by atoms with Crippen molar-refractivity contribution in [3.05, 3.63) is 52.6 Å². The summed E-state index contributed by atoms with van der Waals surface area (Å²) in [6.45, 7) is 2.48. The third-order valence-corrected chi connectivity index (χ3v) is 5.51. The summed E-state index contributed by atoms with van der Waals surface area (Å²) in [4.78, 5) is 26.0. The van der Waals surface area contributed by atoms with E-state index in [2.05, 4.69) is 0 Å². The highest BCUT2D eigenvalue weighted by Crippen LogP contribution is 2.32. The number of furan rings is 1. The summed E-state index contributed by atoms with van der Waals surface area (Å²) in [5.74, 6) is 0.770. The number of unbranched alkanes of at least 4 members (excludes halogenated alkanes) is 1. The van der Waals surface area contributed by atoms with Crippen LogP contribution in [0.3, 0.4) is 0 Å². The minimum atomic E-state index is -0.322. The molecule has 3 rings (SSSR count). The van der Waals surface area contributed by atoms with Crippen LogP contribution in [-0.4, -0.2) is 34.8 Å². The maximum Gasteiger partial charge on any atom is 0.338 e. The number of carbonyl (C=O) groups is 2. The highest BCUT2D eigenvalue weighted by Gasteiger charge is 2.29. The van der Waals surface area contributed by atoms with Gasteiger partial charge in [-0.2, -0.15) is 0 Å². The molecule has 140 valence electrons. The zero-order valence-corrected chi connectivity index (χ0v) is 16.7. The number of thiocarbonyl (C=S) groups is 1. The summed E-state index contributed by atoms with van der Waals surface area (Å²) in [5.41, 5.74) is 1.34. The van der Waals surface area contributed by atoms with Crippen LogP contribution in [0.25, 0.3) is 17.4 Å². The van der Waals surface area contributed by atoms with Crippen molar-refractivity contribution in [1.29, 1.82) is 0 Å². The van der Waals surface area contributed by atoms with Crippen LogP contribution in [0.4, 0.5) is 0 Å². The molecule has 7 heteroatoms. The fourth-order valence-electron chi connectivity index (χ4n) is 2.42. The Kier molecular flexibility index (Phi) is 6.13. The van der Waals surface area contributed by atoms with Gasteiger partial charge in [-0.1, -0.05) is 49.5 Å². The van der Waals surface area contributed by atoms with Crippen LogP contribution in [0.2, 0.25) is 0 Å². The van der Waals surface area contributed by atoms with Crippen LogP contribution in [0.15, 0.2) is 45.7 Å². The largest absolute Gasteiger partial charge is 0.462 e. The third-order valence-electron chi connectivity index (χ3n) is 4.02. The third kappa shape index (κ3) is 4.48. The smallest absolute Gasteiger partial charge is 0.338 e. The first-order valence-corrected chi connectivity index (χ1v) is 9.81. The predicted molar refractivity (Wildman–Crippen MR) is 110 cm³/mol. The maximum absolute atomic E-state index is 12.1. The molecule has 1 saturated heterocycles. The maximum atomic E-state index is 12.1. The van der Waals surface area contributed by atoms with Gasteiger partial charge in [-0.15, -0.1) is 0 Å².